The van der Waals surface area contributed by atoms with Gasteiger partial charge < -0.3 is 20.7 Å². The van der Waals surface area contributed by atoms with E-state index in [0.29, 0.717) is 30.7 Å². The molecule has 2 heterocycles. The van der Waals surface area contributed by atoms with E-state index in [0.717, 1.165) is 11.3 Å². The second kappa shape index (κ2) is 10.6. The number of hydrazone groups is 1. The Balaban J connectivity index is 1.59. The molecule has 2 aromatic rings. The second-order valence-corrected chi connectivity index (χ2v) is 10.3. The Morgan fingerprint density at radius 3 is 2.66 bits per heavy atom. The molecule has 0 saturated carbocycles. The van der Waals surface area contributed by atoms with Gasteiger partial charge in [-0.05, 0) is 44.0 Å². The van der Waals surface area contributed by atoms with Crippen molar-refractivity contribution in [2.75, 3.05) is 26.7 Å². The molecule has 0 bridgehead atoms. The highest BCUT2D eigenvalue weighted by molar-refractivity contribution is 6.13. The van der Waals surface area contributed by atoms with Gasteiger partial charge in [0, 0.05) is 26.6 Å². The molecule has 2 aromatic carbocycles. The number of benzene rings is 2. The number of carbonyl (C=O) groups excluding carboxylic acids is 3. The van der Waals surface area contributed by atoms with Gasteiger partial charge in [-0.25, -0.2) is 5.01 Å². The largest absolute Gasteiger partial charge is 0.491 e. The maximum absolute atomic E-state index is 13.8. The fourth-order valence-electron chi connectivity index (χ4n) is 4.79. The number of piperidine rings is 1. The van der Waals surface area contributed by atoms with Crippen LogP contribution in [0, 0.1) is 16.7 Å². The normalized spacial score (nSPS) is 19.8. The number of amides is 3. The van der Waals surface area contributed by atoms with Crippen LogP contribution in [0.3, 0.4) is 0 Å². The molecule has 0 aliphatic carbocycles. The van der Waals surface area contributed by atoms with E-state index in [1.165, 1.54) is 5.01 Å². The molecule has 1 fully saturated rings. The van der Waals surface area contributed by atoms with Gasteiger partial charge in [-0.3, -0.25) is 14.4 Å². The standard InChI is InChI=1S/C28H32N6O4/c1-27(2,30)25(36)31-22(17-38-21-11-7-10-20(14-21)16-29)24(35)34-13-12-23-28(18-34,26(37)33(3)32-23)15-19-8-5-4-6-9-19/h4-11,14,22H,12-13,15,17-18,30H2,1-3H3,(H,31,36)/t22-,28-/m1/s1. The Bertz CT molecular complexity index is 1300. The number of nitrogens with zero attached hydrogens (tertiary/aromatic N) is 4. The predicted octanol–water partition coefficient (Wildman–Crippen LogP) is 1.45. The second-order valence-electron chi connectivity index (χ2n) is 10.3. The molecule has 0 unspecified atom stereocenters. The fraction of sp³-hybridized carbons (Fsp3) is 0.393. The Kier molecular flexibility index (Phi) is 7.51. The topological polar surface area (TPSA) is 141 Å². The van der Waals surface area contributed by atoms with E-state index in [1.54, 1.807) is 50.1 Å². The van der Waals surface area contributed by atoms with Crippen molar-refractivity contribution in [2.45, 2.75) is 38.3 Å². The van der Waals surface area contributed by atoms with Gasteiger partial charge in [0.1, 0.15) is 23.8 Å². The van der Waals surface area contributed by atoms with Crippen molar-refractivity contribution < 1.29 is 19.1 Å². The van der Waals surface area contributed by atoms with E-state index in [9.17, 15) is 19.6 Å². The summed E-state index contributed by atoms with van der Waals surface area (Å²) in [5, 5.41) is 17.7. The molecule has 0 radical (unpaired) electrons. The van der Waals surface area contributed by atoms with Crippen molar-refractivity contribution >= 4 is 23.4 Å². The maximum Gasteiger partial charge on any atom is 0.256 e. The van der Waals surface area contributed by atoms with Gasteiger partial charge in [-0.15, -0.1) is 0 Å². The number of hydrogen-bond acceptors (Lipinski definition) is 7. The third kappa shape index (κ3) is 5.53. The average molecular weight is 517 g/mol. The third-order valence-electron chi connectivity index (χ3n) is 6.83. The number of likely N-dealkylation sites (tertiary alicyclic amines) is 1. The molecule has 0 spiro atoms. The van der Waals surface area contributed by atoms with Crippen LogP contribution in [0.2, 0.25) is 0 Å². The summed E-state index contributed by atoms with van der Waals surface area (Å²) in [6.45, 7) is 3.40. The van der Waals surface area contributed by atoms with Gasteiger partial charge >= 0.3 is 0 Å². The number of fused-ring (bicyclic) bond motifs is 1. The zero-order valence-corrected chi connectivity index (χ0v) is 21.8. The number of rotatable bonds is 8. The minimum Gasteiger partial charge on any atom is -0.491 e. The molecular weight excluding hydrogens is 484 g/mol. The maximum atomic E-state index is 13.8. The monoisotopic (exact) mass is 516 g/mol. The lowest BCUT2D eigenvalue weighted by Crippen LogP contribution is -2.62. The minimum absolute atomic E-state index is 0.130. The van der Waals surface area contributed by atoms with Crippen LogP contribution in [-0.2, 0) is 20.8 Å². The molecule has 2 aliphatic heterocycles. The Hall–Kier alpha value is -4.23. The van der Waals surface area contributed by atoms with Gasteiger partial charge in [0.15, 0.2) is 0 Å². The van der Waals surface area contributed by atoms with Crippen LogP contribution in [-0.4, -0.2) is 71.7 Å². The zero-order valence-electron chi connectivity index (χ0n) is 21.8. The summed E-state index contributed by atoms with van der Waals surface area (Å²) in [5.74, 6) is -0.667. The van der Waals surface area contributed by atoms with Crippen LogP contribution in [0.1, 0.15) is 31.4 Å². The number of nitrogens with two attached hydrogens (primary N) is 1. The first kappa shape index (κ1) is 26.8. The van der Waals surface area contributed by atoms with Gasteiger partial charge in [-0.1, -0.05) is 36.4 Å². The first-order chi connectivity index (χ1) is 18.0. The molecule has 10 nitrogen and oxygen atoms in total. The van der Waals surface area contributed by atoms with E-state index in [2.05, 4.69) is 10.4 Å². The molecule has 2 atom stereocenters. The van der Waals surface area contributed by atoms with Crippen LogP contribution in [0.5, 0.6) is 5.75 Å². The molecular formula is C28H32N6O4. The number of hydrogen-bond donors (Lipinski definition) is 2. The van der Waals surface area contributed by atoms with Crippen LogP contribution < -0.4 is 15.8 Å². The quantitative estimate of drug-likeness (QED) is 0.544. The summed E-state index contributed by atoms with van der Waals surface area (Å²) in [6.07, 6.45) is 0.840. The van der Waals surface area contributed by atoms with Crippen molar-refractivity contribution in [3.8, 4) is 11.8 Å². The van der Waals surface area contributed by atoms with Gasteiger partial charge in [0.2, 0.25) is 11.8 Å². The minimum atomic E-state index is -1.22. The van der Waals surface area contributed by atoms with E-state index in [1.807, 2.05) is 36.4 Å². The number of nitriles is 1. The Morgan fingerprint density at radius 1 is 1.24 bits per heavy atom. The summed E-state index contributed by atoms with van der Waals surface area (Å²) in [7, 11) is 1.63. The molecule has 0 aromatic heterocycles. The van der Waals surface area contributed by atoms with E-state index in [-0.39, 0.29) is 25.0 Å². The third-order valence-corrected chi connectivity index (χ3v) is 6.83. The SMILES string of the molecule is CN1N=C2CCN(C(=O)[C@@H](COc3cccc(C#N)c3)NC(=O)C(C)(C)N)C[C@@]2(Cc2ccccc2)C1=O. The molecule has 38 heavy (non-hydrogen) atoms. The van der Waals surface area contributed by atoms with Crippen LogP contribution in [0.25, 0.3) is 0 Å². The Labute approximate surface area is 222 Å². The lowest BCUT2D eigenvalue weighted by molar-refractivity contribution is -0.143. The summed E-state index contributed by atoms with van der Waals surface area (Å²) in [6, 6.07) is 17.2. The summed E-state index contributed by atoms with van der Waals surface area (Å²) in [5.41, 5.74) is 5.91. The summed E-state index contributed by atoms with van der Waals surface area (Å²) < 4.78 is 5.83. The highest BCUT2D eigenvalue weighted by atomic mass is 16.5. The molecule has 1 saturated heterocycles. The molecule has 198 valence electrons. The predicted molar refractivity (Wildman–Crippen MR) is 141 cm³/mol. The van der Waals surface area contributed by atoms with Crippen LogP contribution >= 0.6 is 0 Å². The highest BCUT2D eigenvalue weighted by Crippen LogP contribution is 2.38. The lowest BCUT2D eigenvalue weighted by Gasteiger charge is -2.40. The highest BCUT2D eigenvalue weighted by Gasteiger charge is 2.54. The van der Waals surface area contributed by atoms with Gasteiger partial charge in [0.05, 0.1) is 22.9 Å². The first-order valence-electron chi connectivity index (χ1n) is 12.4. The van der Waals surface area contributed by atoms with E-state index >= 15 is 0 Å². The van der Waals surface area contributed by atoms with E-state index in [4.69, 9.17) is 10.5 Å². The molecule has 10 heteroatoms. The molecule has 4 rings (SSSR count). The molecule has 3 N–H and O–H groups in total. The lowest BCUT2D eigenvalue weighted by atomic mass is 9.73. The van der Waals surface area contributed by atoms with Crippen molar-refractivity contribution in [3.63, 3.8) is 0 Å². The smallest absolute Gasteiger partial charge is 0.256 e. The Morgan fingerprint density at radius 2 is 1.97 bits per heavy atom. The van der Waals surface area contributed by atoms with Crippen molar-refractivity contribution in [2.24, 2.45) is 16.3 Å². The summed E-state index contributed by atoms with van der Waals surface area (Å²) in [4.78, 5) is 41.6. The number of nitrogens with one attached hydrogen (secondary N) is 1. The summed E-state index contributed by atoms with van der Waals surface area (Å²) >= 11 is 0. The number of ether oxygens (including phenoxy) is 1. The fourth-order valence-corrected chi connectivity index (χ4v) is 4.79. The van der Waals surface area contributed by atoms with Crippen molar-refractivity contribution in [1.29, 1.82) is 5.26 Å². The van der Waals surface area contributed by atoms with Crippen LogP contribution in [0.4, 0.5) is 0 Å². The zero-order chi connectivity index (χ0) is 27.5. The molecule has 3 amide bonds. The first-order valence-corrected chi connectivity index (χ1v) is 12.4. The van der Waals surface area contributed by atoms with E-state index < -0.39 is 22.9 Å². The van der Waals surface area contributed by atoms with Gasteiger partial charge in [-0.2, -0.15) is 10.4 Å². The molecule has 2 aliphatic rings. The van der Waals surface area contributed by atoms with Crippen molar-refractivity contribution in [3.05, 3.63) is 65.7 Å². The average Bonchev–Trinajstić information content (AvgIpc) is 3.14. The van der Waals surface area contributed by atoms with Crippen molar-refractivity contribution in [1.82, 2.24) is 15.2 Å². The number of carbonyl (C=O) groups is 3. The van der Waals surface area contributed by atoms with Crippen LogP contribution in [0.15, 0.2) is 59.7 Å². The van der Waals surface area contributed by atoms with Gasteiger partial charge in [0.25, 0.3) is 5.91 Å².